The molecule has 0 spiro atoms. The normalized spacial score (nSPS) is 10.6. The summed E-state index contributed by atoms with van der Waals surface area (Å²) in [5.41, 5.74) is -0.395. The van der Waals surface area contributed by atoms with Crippen LogP contribution in [0.3, 0.4) is 0 Å². The monoisotopic (exact) mass is 333 g/mol. The van der Waals surface area contributed by atoms with Gasteiger partial charge in [-0.2, -0.15) is 0 Å². The molecule has 0 aromatic heterocycles. The second kappa shape index (κ2) is 5.61. The van der Waals surface area contributed by atoms with Gasteiger partial charge in [0.05, 0.1) is 0 Å². The number of hydrogen-bond acceptors (Lipinski definition) is 1. The molecule has 2 aromatic rings. The van der Waals surface area contributed by atoms with E-state index in [9.17, 15) is 17.6 Å². The lowest BCUT2D eigenvalue weighted by Gasteiger charge is -2.10. The summed E-state index contributed by atoms with van der Waals surface area (Å²) in [6, 6.07) is 5.05. The van der Waals surface area contributed by atoms with E-state index in [2.05, 4.69) is 21.2 Å². The van der Waals surface area contributed by atoms with E-state index in [1.165, 1.54) is 0 Å². The lowest BCUT2D eigenvalue weighted by molar-refractivity contribution is 0.579. The Bertz CT molecular complexity index is 593. The van der Waals surface area contributed by atoms with Crippen molar-refractivity contribution in [3.05, 3.63) is 63.6 Å². The lowest BCUT2D eigenvalue weighted by atomic mass is 10.2. The predicted octanol–water partition coefficient (Wildman–Crippen LogP) is 4.62. The summed E-state index contributed by atoms with van der Waals surface area (Å²) in [6.07, 6.45) is 0. The molecule has 0 aliphatic carbocycles. The zero-order valence-corrected chi connectivity index (χ0v) is 11.1. The highest BCUT2D eigenvalue weighted by Crippen LogP contribution is 2.24. The molecule has 0 aliphatic rings. The van der Waals surface area contributed by atoms with Gasteiger partial charge in [-0.25, -0.2) is 17.6 Å². The van der Waals surface area contributed by atoms with Crippen LogP contribution in [0.25, 0.3) is 0 Å². The van der Waals surface area contributed by atoms with Crippen LogP contribution in [0, 0.1) is 23.3 Å². The summed E-state index contributed by atoms with van der Waals surface area (Å²) in [5.74, 6) is -2.89. The van der Waals surface area contributed by atoms with Gasteiger partial charge < -0.3 is 5.32 Å². The molecule has 0 aliphatic heterocycles. The van der Waals surface area contributed by atoms with Gasteiger partial charge >= 0.3 is 0 Å². The van der Waals surface area contributed by atoms with Crippen LogP contribution in [0.1, 0.15) is 5.56 Å². The molecule has 0 radical (unpaired) electrons. The average Bonchev–Trinajstić information content (AvgIpc) is 2.32. The first-order valence-corrected chi connectivity index (χ1v) is 6.09. The van der Waals surface area contributed by atoms with E-state index in [4.69, 9.17) is 0 Å². The molecular formula is C13H8BrF4N. The van der Waals surface area contributed by atoms with Crippen LogP contribution in [-0.4, -0.2) is 0 Å². The van der Waals surface area contributed by atoms with Crippen molar-refractivity contribution in [3.63, 3.8) is 0 Å². The van der Waals surface area contributed by atoms with Crippen molar-refractivity contribution in [2.45, 2.75) is 6.54 Å². The van der Waals surface area contributed by atoms with Gasteiger partial charge in [0.1, 0.15) is 29.0 Å². The highest BCUT2D eigenvalue weighted by atomic mass is 79.9. The van der Waals surface area contributed by atoms with Crippen molar-refractivity contribution in [2.75, 3.05) is 5.32 Å². The molecule has 0 atom stereocenters. The largest absolute Gasteiger partial charge is 0.376 e. The van der Waals surface area contributed by atoms with Crippen molar-refractivity contribution < 1.29 is 17.6 Å². The number of halogens is 5. The van der Waals surface area contributed by atoms with Gasteiger partial charge in [-0.3, -0.25) is 0 Å². The molecule has 0 saturated carbocycles. The van der Waals surface area contributed by atoms with E-state index in [1.54, 1.807) is 0 Å². The molecule has 0 saturated heterocycles. The molecule has 0 fully saturated rings. The van der Waals surface area contributed by atoms with Crippen LogP contribution >= 0.6 is 15.9 Å². The molecule has 1 N–H and O–H groups in total. The molecule has 2 aromatic carbocycles. The van der Waals surface area contributed by atoms with E-state index in [1.807, 2.05) is 0 Å². The summed E-state index contributed by atoms with van der Waals surface area (Å²) >= 11 is 2.95. The molecule has 0 bridgehead atoms. The Morgan fingerprint density at radius 1 is 0.895 bits per heavy atom. The molecule has 100 valence electrons. The standard InChI is InChI=1S/C13H8BrF4N/c14-8-4-11(17)13(12(18)5-8)19-6-7-3-9(15)1-2-10(7)16/h1-5,19H,6H2. The average molecular weight is 334 g/mol. The van der Waals surface area contributed by atoms with Crippen LogP contribution in [0.2, 0.25) is 0 Å². The minimum Gasteiger partial charge on any atom is -0.376 e. The van der Waals surface area contributed by atoms with Gasteiger partial charge in [0.15, 0.2) is 0 Å². The molecule has 0 unspecified atom stereocenters. The first-order chi connectivity index (χ1) is 8.97. The SMILES string of the molecule is Fc1ccc(F)c(CNc2c(F)cc(Br)cc2F)c1. The Morgan fingerprint density at radius 3 is 2.16 bits per heavy atom. The van der Waals surface area contributed by atoms with Gasteiger partial charge in [-0.05, 0) is 30.3 Å². The van der Waals surface area contributed by atoms with Crippen LogP contribution in [-0.2, 0) is 6.54 Å². The Hall–Kier alpha value is -1.56. The highest BCUT2D eigenvalue weighted by molar-refractivity contribution is 9.10. The van der Waals surface area contributed by atoms with Gasteiger partial charge in [-0.15, -0.1) is 0 Å². The summed E-state index contributed by atoms with van der Waals surface area (Å²) in [5, 5.41) is 2.42. The van der Waals surface area contributed by atoms with Crippen molar-refractivity contribution in [1.82, 2.24) is 0 Å². The highest BCUT2D eigenvalue weighted by Gasteiger charge is 2.11. The van der Waals surface area contributed by atoms with E-state index in [-0.39, 0.29) is 22.3 Å². The molecule has 2 rings (SSSR count). The van der Waals surface area contributed by atoms with Crippen LogP contribution in [0.4, 0.5) is 23.2 Å². The van der Waals surface area contributed by atoms with Crippen molar-refractivity contribution >= 4 is 21.6 Å². The maximum Gasteiger partial charge on any atom is 0.150 e. The summed E-state index contributed by atoms with van der Waals surface area (Å²) in [4.78, 5) is 0. The van der Waals surface area contributed by atoms with Gasteiger partial charge in [0.2, 0.25) is 0 Å². The van der Waals surface area contributed by atoms with E-state index in [0.29, 0.717) is 0 Å². The smallest absolute Gasteiger partial charge is 0.150 e. The van der Waals surface area contributed by atoms with Crippen molar-refractivity contribution in [1.29, 1.82) is 0 Å². The van der Waals surface area contributed by atoms with E-state index in [0.717, 1.165) is 30.3 Å². The Morgan fingerprint density at radius 2 is 1.53 bits per heavy atom. The minimum absolute atomic E-state index is 0.0123. The summed E-state index contributed by atoms with van der Waals surface area (Å²) in [6.45, 7) is -0.223. The van der Waals surface area contributed by atoms with Gasteiger partial charge in [0, 0.05) is 16.6 Å². The van der Waals surface area contributed by atoms with Crippen molar-refractivity contribution in [2.24, 2.45) is 0 Å². The maximum absolute atomic E-state index is 13.5. The zero-order valence-electron chi connectivity index (χ0n) is 9.48. The molecule has 19 heavy (non-hydrogen) atoms. The first kappa shape index (κ1) is 13.9. The fourth-order valence-electron chi connectivity index (χ4n) is 1.57. The number of benzene rings is 2. The Kier molecular flexibility index (Phi) is 4.09. The van der Waals surface area contributed by atoms with Crippen LogP contribution < -0.4 is 5.32 Å². The molecule has 1 nitrogen and oxygen atoms in total. The number of anilines is 1. The summed E-state index contributed by atoms with van der Waals surface area (Å²) in [7, 11) is 0. The Labute approximate surface area is 115 Å². The van der Waals surface area contributed by atoms with Crippen LogP contribution in [0.15, 0.2) is 34.8 Å². The van der Waals surface area contributed by atoms with E-state index < -0.39 is 23.3 Å². The molecular weight excluding hydrogens is 326 g/mol. The van der Waals surface area contributed by atoms with Gasteiger partial charge in [-0.1, -0.05) is 15.9 Å². The zero-order chi connectivity index (χ0) is 14.0. The number of hydrogen-bond donors (Lipinski definition) is 1. The van der Waals surface area contributed by atoms with Crippen molar-refractivity contribution in [3.8, 4) is 0 Å². The molecule has 6 heteroatoms. The third-order valence-corrected chi connectivity index (χ3v) is 2.93. The molecule has 0 amide bonds. The second-order valence-corrected chi connectivity index (χ2v) is 4.75. The number of rotatable bonds is 3. The minimum atomic E-state index is -0.816. The fourth-order valence-corrected chi connectivity index (χ4v) is 1.98. The summed E-state index contributed by atoms with van der Waals surface area (Å²) < 4.78 is 53.5. The van der Waals surface area contributed by atoms with Gasteiger partial charge in [0.25, 0.3) is 0 Å². The second-order valence-electron chi connectivity index (χ2n) is 3.83. The van der Waals surface area contributed by atoms with Crippen LogP contribution in [0.5, 0.6) is 0 Å². The Balaban J connectivity index is 2.21. The fraction of sp³-hybridized carbons (Fsp3) is 0.0769. The molecule has 0 heterocycles. The predicted molar refractivity (Wildman–Crippen MR) is 67.7 cm³/mol. The van der Waals surface area contributed by atoms with E-state index >= 15 is 0 Å². The lowest BCUT2D eigenvalue weighted by Crippen LogP contribution is -2.06. The first-order valence-electron chi connectivity index (χ1n) is 5.29. The number of nitrogens with one attached hydrogen (secondary N) is 1. The third kappa shape index (κ3) is 3.26. The third-order valence-electron chi connectivity index (χ3n) is 2.47. The quantitative estimate of drug-likeness (QED) is 0.808. The topological polar surface area (TPSA) is 12.0 Å². The maximum atomic E-state index is 13.5.